The van der Waals surface area contributed by atoms with Crippen molar-refractivity contribution in [2.45, 2.75) is 12.6 Å². The molecule has 0 radical (unpaired) electrons. The number of rotatable bonds is 7. The highest BCUT2D eigenvalue weighted by Crippen LogP contribution is 2.14. The first-order chi connectivity index (χ1) is 10.9. The molecule has 1 amide bonds. The minimum atomic E-state index is -4.35. The zero-order chi connectivity index (χ0) is 16.7. The number of carbonyl (C=O) groups is 1. The maximum absolute atomic E-state index is 11.8. The van der Waals surface area contributed by atoms with Gasteiger partial charge in [-0.05, 0) is 17.7 Å². The number of amides is 1. The van der Waals surface area contributed by atoms with E-state index >= 15 is 0 Å². The number of benzene rings is 1. The molecule has 8 heteroatoms. The second kappa shape index (κ2) is 7.77. The first kappa shape index (κ1) is 17.0. The molecule has 0 aliphatic heterocycles. The Hall–Kier alpha value is -2.35. The smallest absolute Gasteiger partial charge is 0.370 e. The van der Waals surface area contributed by atoms with Crippen molar-refractivity contribution < 1.29 is 22.7 Å². The molecule has 0 saturated carbocycles. The monoisotopic (exact) mass is 327 g/mol. The molecule has 23 heavy (non-hydrogen) atoms. The second-order valence-corrected chi connectivity index (χ2v) is 4.82. The summed E-state index contributed by atoms with van der Waals surface area (Å²) in [7, 11) is 0. The molecule has 1 aromatic carbocycles. The number of para-hydroxylation sites is 1. The van der Waals surface area contributed by atoms with Gasteiger partial charge < -0.3 is 10.1 Å². The van der Waals surface area contributed by atoms with Crippen LogP contribution in [0.4, 0.5) is 13.2 Å². The Kier molecular flexibility index (Phi) is 5.75. The van der Waals surface area contributed by atoms with Crippen LogP contribution in [0.2, 0.25) is 0 Å². The van der Waals surface area contributed by atoms with E-state index in [0.717, 1.165) is 5.69 Å². The van der Waals surface area contributed by atoms with Crippen LogP contribution in [0.5, 0.6) is 0 Å². The minimum Gasteiger partial charge on any atom is -0.370 e. The molecular weight excluding hydrogens is 311 g/mol. The van der Waals surface area contributed by atoms with Crippen molar-refractivity contribution in [1.29, 1.82) is 0 Å². The summed E-state index contributed by atoms with van der Waals surface area (Å²) in [5, 5.41) is 6.66. The van der Waals surface area contributed by atoms with Gasteiger partial charge in [-0.15, -0.1) is 0 Å². The van der Waals surface area contributed by atoms with Crippen molar-refractivity contribution in [2.75, 3.05) is 19.8 Å². The third-order valence-corrected chi connectivity index (χ3v) is 2.86. The third-order valence-electron chi connectivity index (χ3n) is 2.86. The summed E-state index contributed by atoms with van der Waals surface area (Å²) >= 11 is 0. The van der Waals surface area contributed by atoms with Crippen molar-refractivity contribution in [3.63, 3.8) is 0 Å². The number of nitrogens with one attached hydrogen (secondary N) is 1. The van der Waals surface area contributed by atoms with E-state index in [0.29, 0.717) is 5.56 Å². The van der Waals surface area contributed by atoms with Crippen molar-refractivity contribution in [1.82, 2.24) is 15.1 Å². The molecule has 124 valence electrons. The Bertz CT molecular complexity index is 626. The lowest BCUT2D eigenvalue weighted by Crippen LogP contribution is -2.29. The number of aromatic nitrogens is 2. The van der Waals surface area contributed by atoms with Gasteiger partial charge in [-0.2, -0.15) is 18.3 Å². The summed E-state index contributed by atoms with van der Waals surface area (Å²) in [6.07, 6.45) is -0.941. The Morgan fingerprint density at radius 3 is 2.70 bits per heavy atom. The molecule has 1 aromatic heterocycles. The molecule has 0 unspecified atom stereocenters. The summed E-state index contributed by atoms with van der Waals surface area (Å²) in [6.45, 7) is -1.47. The van der Waals surface area contributed by atoms with Gasteiger partial charge in [0.05, 0.1) is 24.9 Å². The number of ether oxygens (including phenoxy) is 1. The summed E-state index contributed by atoms with van der Waals surface area (Å²) in [5.41, 5.74) is 1.59. The molecule has 1 heterocycles. The highest BCUT2D eigenvalue weighted by atomic mass is 19.4. The first-order valence-electron chi connectivity index (χ1n) is 6.94. The molecule has 5 nitrogen and oxygen atoms in total. The second-order valence-electron chi connectivity index (χ2n) is 4.82. The fourth-order valence-corrected chi connectivity index (χ4v) is 1.87. The molecule has 0 saturated heterocycles. The largest absolute Gasteiger partial charge is 0.411 e. The van der Waals surface area contributed by atoms with Gasteiger partial charge in [0.2, 0.25) is 5.91 Å². The average Bonchev–Trinajstić information content (AvgIpc) is 2.95. The van der Waals surface area contributed by atoms with Crippen LogP contribution in [-0.2, 0) is 16.0 Å². The molecule has 0 aliphatic carbocycles. The molecule has 0 aliphatic rings. The van der Waals surface area contributed by atoms with Crippen molar-refractivity contribution in [3.8, 4) is 5.69 Å². The molecule has 2 aromatic rings. The Labute approximate surface area is 131 Å². The fourth-order valence-electron chi connectivity index (χ4n) is 1.87. The van der Waals surface area contributed by atoms with Crippen LogP contribution in [0.25, 0.3) is 5.69 Å². The van der Waals surface area contributed by atoms with Gasteiger partial charge in [0.15, 0.2) is 0 Å². The van der Waals surface area contributed by atoms with E-state index in [9.17, 15) is 18.0 Å². The predicted molar refractivity (Wildman–Crippen MR) is 77.2 cm³/mol. The number of halogens is 3. The van der Waals surface area contributed by atoms with Gasteiger partial charge >= 0.3 is 6.18 Å². The molecule has 1 N–H and O–H groups in total. The third kappa shape index (κ3) is 6.11. The van der Waals surface area contributed by atoms with Gasteiger partial charge in [-0.3, -0.25) is 4.79 Å². The number of alkyl halides is 3. The first-order valence-corrected chi connectivity index (χ1v) is 6.94. The highest BCUT2D eigenvalue weighted by molar-refractivity contribution is 5.78. The molecule has 0 fully saturated rings. The topological polar surface area (TPSA) is 56.2 Å². The summed E-state index contributed by atoms with van der Waals surface area (Å²) in [6, 6.07) is 9.42. The van der Waals surface area contributed by atoms with Crippen LogP contribution in [0, 0.1) is 0 Å². The zero-order valence-corrected chi connectivity index (χ0v) is 12.2. The lowest BCUT2D eigenvalue weighted by Gasteiger charge is -2.08. The van der Waals surface area contributed by atoms with Crippen molar-refractivity contribution >= 4 is 5.91 Å². The summed E-state index contributed by atoms with van der Waals surface area (Å²) in [5.74, 6) is -0.298. The van der Waals surface area contributed by atoms with E-state index in [4.69, 9.17) is 0 Å². The maximum Gasteiger partial charge on any atom is 0.411 e. The van der Waals surface area contributed by atoms with E-state index in [1.807, 2.05) is 30.3 Å². The van der Waals surface area contributed by atoms with Gasteiger partial charge in [-0.1, -0.05) is 18.2 Å². The SMILES string of the molecule is O=C(Cc1cnn(-c2ccccc2)c1)NCCOCC(F)(F)F. The zero-order valence-electron chi connectivity index (χ0n) is 12.2. The van der Waals surface area contributed by atoms with Crippen LogP contribution in [-0.4, -0.2) is 41.6 Å². The van der Waals surface area contributed by atoms with Crippen LogP contribution in [0.15, 0.2) is 42.7 Å². The Morgan fingerprint density at radius 1 is 1.26 bits per heavy atom. The van der Waals surface area contributed by atoms with E-state index in [-0.39, 0.29) is 25.5 Å². The number of nitrogens with zero attached hydrogens (tertiary/aromatic N) is 2. The van der Waals surface area contributed by atoms with Crippen LogP contribution >= 0.6 is 0 Å². The highest BCUT2D eigenvalue weighted by Gasteiger charge is 2.27. The molecule has 0 spiro atoms. The van der Waals surface area contributed by atoms with Crippen LogP contribution in [0.3, 0.4) is 0 Å². The van der Waals surface area contributed by atoms with Gasteiger partial charge in [0, 0.05) is 12.7 Å². The quantitative estimate of drug-likeness (QED) is 0.793. The number of hydrogen-bond acceptors (Lipinski definition) is 3. The van der Waals surface area contributed by atoms with E-state index < -0.39 is 12.8 Å². The standard InChI is InChI=1S/C15H16F3N3O2/c16-15(17,18)11-23-7-6-19-14(22)8-12-9-20-21(10-12)13-4-2-1-3-5-13/h1-5,9-10H,6-8,11H2,(H,19,22). The molecular formula is C15H16F3N3O2. The lowest BCUT2D eigenvalue weighted by molar-refractivity contribution is -0.173. The predicted octanol–water partition coefficient (Wildman–Crippen LogP) is 2.11. The van der Waals surface area contributed by atoms with Crippen LogP contribution < -0.4 is 5.32 Å². The van der Waals surface area contributed by atoms with Crippen molar-refractivity contribution in [2.24, 2.45) is 0 Å². The Morgan fingerprint density at radius 2 is 2.00 bits per heavy atom. The van der Waals surface area contributed by atoms with E-state index in [1.54, 1.807) is 17.1 Å². The Balaban J connectivity index is 1.73. The lowest BCUT2D eigenvalue weighted by atomic mass is 10.2. The molecule has 0 atom stereocenters. The average molecular weight is 327 g/mol. The molecule has 2 rings (SSSR count). The van der Waals surface area contributed by atoms with E-state index in [2.05, 4.69) is 15.2 Å². The summed E-state index contributed by atoms with van der Waals surface area (Å²) in [4.78, 5) is 11.7. The van der Waals surface area contributed by atoms with Gasteiger partial charge in [-0.25, -0.2) is 4.68 Å². The van der Waals surface area contributed by atoms with Gasteiger partial charge in [0.1, 0.15) is 6.61 Å². The fraction of sp³-hybridized carbons (Fsp3) is 0.333. The van der Waals surface area contributed by atoms with Gasteiger partial charge in [0.25, 0.3) is 0 Å². The van der Waals surface area contributed by atoms with Crippen LogP contribution in [0.1, 0.15) is 5.56 Å². The normalized spacial score (nSPS) is 11.4. The number of carbonyl (C=O) groups excluding carboxylic acids is 1. The summed E-state index contributed by atoms with van der Waals surface area (Å²) < 4.78 is 41.6. The number of hydrogen-bond donors (Lipinski definition) is 1. The minimum absolute atomic E-state index is 0.0295. The maximum atomic E-state index is 11.8. The molecule has 0 bridgehead atoms. The van der Waals surface area contributed by atoms with Crippen molar-refractivity contribution in [3.05, 3.63) is 48.3 Å². The van der Waals surface area contributed by atoms with E-state index in [1.165, 1.54) is 0 Å².